The second-order valence-corrected chi connectivity index (χ2v) is 7.62. The highest BCUT2D eigenvalue weighted by atomic mass is 19.4. The molecule has 1 saturated heterocycles. The van der Waals surface area contributed by atoms with Gasteiger partial charge in [-0.2, -0.15) is 13.2 Å². The zero-order valence-electron chi connectivity index (χ0n) is 17.2. The van der Waals surface area contributed by atoms with Gasteiger partial charge in [0.05, 0.1) is 0 Å². The molecule has 0 bridgehead atoms. The lowest BCUT2D eigenvalue weighted by Gasteiger charge is -2.37. The molecule has 32 heavy (non-hydrogen) atoms. The Morgan fingerprint density at radius 3 is 2.56 bits per heavy atom. The summed E-state index contributed by atoms with van der Waals surface area (Å²) in [5.74, 6) is 0.0160. The molecule has 0 N–H and O–H groups in total. The summed E-state index contributed by atoms with van der Waals surface area (Å²) in [4.78, 5) is 38.4. The van der Waals surface area contributed by atoms with Crippen LogP contribution in [-0.4, -0.2) is 83.6 Å². The van der Waals surface area contributed by atoms with Crippen LogP contribution in [0.1, 0.15) is 15.9 Å². The maximum absolute atomic E-state index is 12.8. The lowest BCUT2D eigenvalue weighted by atomic mass is 9.99. The van der Waals surface area contributed by atoms with E-state index in [9.17, 15) is 22.8 Å². The van der Waals surface area contributed by atoms with Gasteiger partial charge in [-0.15, -0.1) is 0 Å². The number of hydrogen-bond donors (Lipinski definition) is 0. The fraction of sp³-hybridized carbons (Fsp3) is 0.429. The monoisotopic (exact) mass is 449 g/mol. The van der Waals surface area contributed by atoms with E-state index in [4.69, 9.17) is 0 Å². The molecule has 0 atom stereocenters. The van der Waals surface area contributed by atoms with Gasteiger partial charge in [0.25, 0.3) is 5.91 Å². The molecule has 0 spiro atoms. The van der Waals surface area contributed by atoms with E-state index in [1.54, 1.807) is 15.9 Å². The molecule has 170 valence electrons. The van der Waals surface area contributed by atoms with Gasteiger partial charge in [0.1, 0.15) is 18.7 Å². The first-order valence-corrected chi connectivity index (χ1v) is 10.2. The zero-order valence-corrected chi connectivity index (χ0v) is 17.2. The molecule has 2 aliphatic rings. The van der Waals surface area contributed by atoms with Gasteiger partial charge in [0.2, 0.25) is 11.8 Å². The zero-order chi connectivity index (χ0) is 22.7. The molecule has 1 fully saturated rings. The number of rotatable bonds is 5. The number of carbonyl (C=O) groups excluding carboxylic acids is 2. The third-order valence-electron chi connectivity index (χ3n) is 5.48. The number of carbonyl (C=O) groups is 2. The molecule has 0 aliphatic carbocycles. The Bertz CT molecular complexity index is 993. The standard InChI is InChI=1S/C21H22F3N5O3/c22-21(23,24)13-32-18-11-17(25-14-26-18)27-7-9-28(10-8-27)19(30)12-29-6-5-15-3-1-2-4-16(15)20(29)31/h1-4,11,14H,5-10,12-13H2. The molecule has 11 heteroatoms. The van der Waals surface area contributed by atoms with Gasteiger partial charge in [0.15, 0.2) is 6.61 Å². The van der Waals surface area contributed by atoms with Crippen LogP contribution in [0.2, 0.25) is 0 Å². The molecular weight excluding hydrogens is 427 g/mol. The van der Waals surface area contributed by atoms with Crippen molar-refractivity contribution in [1.29, 1.82) is 0 Å². The maximum Gasteiger partial charge on any atom is 0.422 e. The lowest BCUT2D eigenvalue weighted by molar-refractivity contribution is -0.154. The van der Waals surface area contributed by atoms with Crippen LogP contribution in [-0.2, 0) is 11.2 Å². The van der Waals surface area contributed by atoms with E-state index in [1.165, 1.54) is 6.07 Å². The molecule has 2 aliphatic heterocycles. The Kier molecular flexibility index (Phi) is 6.15. The van der Waals surface area contributed by atoms with E-state index < -0.39 is 12.8 Å². The van der Waals surface area contributed by atoms with Crippen molar-refractivity contribution in [1.82, 2.24) is 19.8 Å². The third kappa shape index (κ3) is 5.09. The third-order valence-corrected chi connectivity index (χ3v) is 5.48. The van der Waals surface area contributed by atoms with Crippen molar-refractivity contribution >= 4 is 17.6 Å². The molecule has 3 heterocycles. The number of anilines is 1. The van der Waals surface area contributed by atoms with Crippen LogP contribution in [0.4, 0.5) is 19.0 Å². The first-order valence-electron chi connectivity index (χ1n) is 10.2. The molecule has 0 radical (unpaired) electrons. The molecule has 0 unspecified atom stereocenters. The Morgan fingerprint density at radius 2 is 1.81 bits per heavy atom. The van der Waals surface area contributed by atoms with Crippen molar-refractivity contribution in [2.45, 2.75) is 12.6 Å². The summed E-state index contributed by atoms with van der Waals surface area (Å²) < 4.78 is 41.7. The minimum atomic E-state index is -4.45. The Labute approximate surface area is 182 Å². The van der Waals surface area contributed by atoms with Crippen LogP contribution in [0, 0.1) is 0 Å². The number of aromatic nitrogens is 2. The SMILES string of the molecule is O=C(CN1CCc2ccccc2C1=O)N1CCN(c2cc(OCC(F)(F)F)ncn2)CC1. The van der Waals surface area contributed by atoms with Crippen LogP contribution in [0.15, 0.2) is 36.7 Å². The fourth-order valence-corrected chi connectivity index (χ4v) is 3.81. The Hall–Kier alpha value is -3.37. The van der Waals surface area contributed by atoms with Crippen LogP contribution in [0.25, 0.3) is 0 Å². The van der Waals surface area contributed by atoms with E-state index in [1.807, 2.05) is 23.1 Å². The lowest BCUT2D eigenvalue weighted by Crippen LogP contribution is -2.52. The van der Waals surface area contributed by atoms with E-state index >= 15 is 0 Å². The second-order valence-electron chi connectivity index (χ2n) is 7.62. The first-order chi connectivity index (χ1) is 15.3. The minimum Gasteiger partial charge on any atom is -0.468 e. The van der Waals surface area contributed by atoms with Gasteiger partial charge < -0.3 is 19.4 Å². The number of benzene rings is 1. The molecule has 1 aromatic heterocycles. The van der Waals surface area contributed by atoms with Crippen LogP contribution in [0.5, 0.6) is 5.88 Å². The maximum atomic E-state index is 12.8. The summed E-state index contributed by atoms with van der Waals surface area (Å²) in [5, 5.41) is 0. The predicted molar refractivity (Wildman–Crippen MR) is 108 cm³/mol. The van der Waals surface area contributed by atoms with E-state index in [0.717, 1.165) is 18.3 Å². The Morgan fingerprint density at radius 1 is 1.06 bits per heavy atom. The summed E-state index contributed by atoms with van der Waals surface area (Å²) >= 11 is 0. The van der Waals surface area contributed by atoms with Crippen molar-refractivity contribution in [2.75, 3.05) is 50.8 Å². The Balaban J connectivity index is 1.30. The van der Waals surface area contributed by atoms with Crippen molar-refractivity contribution in [3.8, 4) is 5.88 Å². The van der Waals surface area contributed by atoms with Crippen molar-refractivity contribution < 1.29 is 27.5 Å². The quantitative estimate of drug-likeness (QED) is 0.693. The second kappa shape index (κ2) is 9.01. The van der Waals surface area contributed by atoms with Gasteiger partial charge in [-0.05, 0) is 18.1 Å². The number of ether oxygens (including phenoxy) is 1. The molecular formula is C21H22F3N5O3. The van der Waals surface area contributed by atoms with Gasteiger partial charge >= 0.3 is 6.18 Å². The number of halogens is 3. The molecule has 2 amide bonds. The fourth-order valence-electron chi connectivity index (χ4n) is 3.81. The largest absolute Gasteiger partial charge is 0.468 e. The van der Waals surface area contributed by atoms with E-state index in [2.05, 4.69) is 14.7 Å². The summed E-state index contributed by atoms with van der Waals surface area (Å²) in [5.41, 5.74) is 1.64. The van der Waals surface area contributed by atoms with E-state index in [-0.39, 0.29) is 24.2 Å². The van der Waals surface area contributed by atoms with Gasteiger partial charge in [-0.1, -0.05) is 18.2 Å². The normalized spacial score (nSPS) is 16.7. The van der Waals surface area contributed by atoms with Crippen LogP contribution in [0.3, 0.4) is 0 Å². The minimum absolute atomic E-state index is 0.0239. The van der Waals surface area contributed by atoms with E-state index in [0.29, 0.717) is 44.1 Å². The smallest absolute Gasteiger partial charge is 0.422 e. The number of hydrogen-bond acceptors (Lipinski definition) is 6. The highest BCUT2D eigenvalue weighted by Crippen LogP contribution is 2.22. The highest BCUT2D eigenvalue weighted by molar-refractivity contribution is 5.98. The summed E-state index contributed by atoms with van der Waals surface area (Å²) in [7, 11) is 0. The van der Waals surface area contributed by atoms with Crippen LogP contribution < -0.4 is 9.64 Å². The molecule has 8 nitrogen and oxygen atoms in total. The summed E-state index contributed by atoms with van der Waals surface area (Å²) in [6.45, 7) is 0.849. The first kappa shape index (κ1) is 21.8. The predicted octanol–water partition coefficient (Wildman–Crippen LogP) is 1.76. The summed E-state index contributed by atoms with van der Waals surface area (Å²) in [6.07, 6.45) is -2.58. The number of fused-ring (bicyclic) bond motifs is 1. The van der Waals surface area contributed by atoms with Crippen molar-refractivity contribution in [3.63, 3.8) is 0 Å². The number of alkyl halides is 3. The molecule has 4 rings (SSSR count). The number of amides is 2. The van der Waals surface area contributed by atoms with Gasteiger partial charge in [-0.3, -0.25) is 9.59 Å². The van der Waals surface area contributed by atoms with Gasteiger partial charge in [-0.25, -0.2) is 9.97 Å². The van der Waals surface area contributed by atoms with Crippen LogP contribution >= 0.6 is 0 Å². The summed E-state index contributed by atoms with van der Waals surface area (Å²) in [6, 6.07) is 8.77. The molecule has 1 aromatic carbocycles. The van der Waals surface area contributed by atoms with Gasteiger partial charge in [0, 0.05) is 44.4 Å². The topological polar surface area (TPSA) is 78.9 Å². The van der Waals surface area contributed by atoms with Crippen molar-refractivity contribution in [3.05, 3.63) is 47.8 Å². The van der Waals surface area contributed by atoms with Crippen molar-refractivity contribution in [2.24, 2.45) is 0 Å². The molecule has 2 aromatic rings. The average molecular weight is 449 g/mol. The number of nitrogens with zero attached hydrogens (tertiary/aromatic N) is 5. The highest BCUT2D eigenvalue weighted by Gasteiger charge is 2.30. The number of piperazine rings is 1. The molecule has 0 saturated carbocycles. The average Bonchev–Trinajstić information content (AvgIpc) is 2.79.